The predicted molar refractivity (Wildman–Crippen MR) is 88.9 cm³/mol. The number of hydrogen-bond donors (Lipinski definition) is 1. The van der Waals surface area contributed by atoms with Gasteiger partial charge in [-0.15, -0.1) is 0 Å². The van der Waals surface area contributed by atoms with E-state index in [1.165, 1.54) is 24.3 Å². The van der Waals surface area contributed by atoms with Crippen LogP contribution in [0.15, 0.2) is 46.9 Å². The highest BCUT2D eigenvalue weighted by Crippen LogP contribution is 2.24. The quantitative estimate of drug-likeness (QED) is 0.729. The summed E-state index contributed by atoms with van der Waals surface area (Å²) in [6.07, 6.45) is 1.95. The van der Waals surface area contributed by atoms with Gasteiger partial charge in [0.05, 0.1) is 12.2 Å². The number of ether oxygens (including phenoxy) is 1. The summed E-state index contributed by atoms with van der Waals surface area (Å²) in [6, 6.07) is 10.9. The minimum atomic E-state index is -0.343. The Hall–Kier alpha value is -1.88. The van der Waals surface area contributed by atoms with E-state index in [4.69, 9.17) is 4.74 Å². The molecular weight excluding hydrogens is 349 g/mol. The molecule has 22 heavy (non-hydrogen) atoms. The molecule has 0 radical (unpaired) electrons. The van der Waals surface area contributed by atoms with E-state index >= 15 is 0 Å². The van der Waals surface area contributed by atoms with E-state index in [9.17, 15) is 9.18 Å². The first kappa shape index (κ1) is 16.5. The predicted octanol–water partition coefficient (Wildman–Crippen LogP) is 5.02. The number of rotatable bonds is 6. The molecule has 2 aromatic rings. The normalized spacial score (nSPS) is 10.3. The molecule has 0 aliphatic rings. The van der Waals surface area contributed by atoms with Gasteiger partial charge in [0.25, 0.3) is 5.91 Å². The molecule has 3 nitrogen and oxygen atoms in total. The van der Waals surface area contributed by atoms with Crippen molar-refractivity contribution < 1.29 is 13.9 Å². The molecule has 0 unspecified atom stereocenters. The molecular formula is C17H17BrFNO2. The SMILES string of the molecule is CCCCOc1ccc(Br)cc1C(=O)Nc1ccc(F)cc1. The maximum atomic E-state index is 12.9. The van der Waals surface area contributed by atoms with E-state index in [0.717, 1.165) is 17.3 Å². The highest BCUT2D eigenvalue weighted by Gasteiger charge is 2.13. The third-order valence-electron chi connectivity index (χ3n) is 3.04. The van der Waals surface area contributed by atoms with Crippen LogP contribution < -0.4 is 10.1 Å². The number of nitrogens with one attached hydrogen (secondary N) is 1. The molecule has 0 atom stereocenters. The van der Waals surface area contributed by atoms with Gasteiger partial charge >= 0.3 is 0 Å². The van der Waals surface area contributed by atoms with Crippen LogP contribution in [0.1, 0.15) is 30.1 Å². The van der Waals surface area contributed by atoms with Crippen LogP contribution in [0.2, 0.25) is 0 Å². The summed E-state index contributed by atoms with van der Waals surface area (Å²) in [4.78, 5) is 12.4. The summed E-state index contributed by atoms with van der Waals surface area (Å²) in [5.74, 6) is -0.0975. The van der Waals surface area contributed by atoms with Crippen molar-refractivity contribution in [2.45, 2.75) is 19.8 Å². The Morgan fingerprint density at radius 2 is 1.95 bits per heavy atom. The number of carbonyl (C=O) groups is 1. The molecule has 0 bridgehead atoms. The maximum absolute atomic E-state index is 12.9. The molecule has 0 aliphatic carbocycles. The van der Waals surface area contributed by atoms with Gasteiger partial charge in [-0.3, -0.25) is 4.79 Å². The molecule has 0 saturated carbocycles. The zero-order valence-corrected chi connectivity index (χ0v) is 13.8. The molecule has 0 spiro atoms. The number of anilines is 1. The van der Waals surface area contributed by atoms with E-state index in [0.29, 0.717) is 23.6 Å². The molecule has 116 valence electrons. The van der Waals surface area contributed by atoms with Crippen molar-refractivity contribution in [1.29, 1.82) is 0 Å². The van der Waals surface area contributed by atoms with Crippen molar-refractivity contribution in [2.75, 3.05) is 11.9 Å². The minimum absolute atomic E-state index is 0.292. The van der Waals surface area contributed by atoms with Gasteiger partial charge in [-0.2, -0.15) is 0 Å². The van der Waals surface area contributed by atoms with Crippen LogP contribution in [0.25, 0.3) is 0 Å². The summed E-state index contributed by atoms with van der Waals surface area (Å²) < 4.78 is 19.4. The second-order valence-corrected chi connectivity index (χ2v) is 5.72. The highest BCUT2D eigenvalue weighted by atomic mass is 79.9. The number of carbonyl (C=O) groups excluding carboxylic acids is 1. The number of amides is 1. The van der Waals surface area contributed by atoms with Gasteiger partial charge in [-0.05, 0) is 48.9 Å². The van der Waals surface area contributed by atoms with Crippen molar-refractivity contribution in [2.24, 2.45) is 0 Å². The molecule has 0 aromatic heterocycles. The lowest BCUT2D eigenvalue weighted by molar-refractivity contribution is 0.102. The number of hydrogen-bond acceptors (Lipinski definition) is 2. The first-order valence-electron chi connectivity index (χ1n) is 7.09. The van der Waals surface area contributed by atoms with Crippen LogP contribution in [-0.4, -0.2) is 12.5 Å². The second kappa shape index (κ2) is 7.94. The third-order valence-corrected chi connectivity index (χ3v) is 3.54. The van der Waals surface area contributed by atoms with Gasteiger partial charge in [0.1, 0.15) is 11.6 Å². The number of halogens is 2. The molecule has 1 N–H and O–H groups in total. The Kier molecular flexibility index (Phi) is 5.95. The van der Waals surface area contributed by atoms with Crippen LogP contribution >= 0.6 is 15.9 Å². The fourth-order valence-electron chi connectivity index (χ4n) is 1.86. The summed E-state index contributed by atoms with van der Waals surface area (Å²) in [5, 5.41) is 2.74. The zero-order valence-electron chi connectivity index (χ0n) is 12.2. The Morgan fingerprint density at radius 1 is 1.23 bits per heavy atom. The van der Waals surface area contributed by atoms with E-state index in [1.54, 1.807) is 12.1 Å². The molecule has 1 amide bonds. The van der Waals surface area contributed by atoms with E-state index < -0.39 is 0 Å². The average Bonchev–Trinajstić information content (AvgIpc) is 2.51. The molecule has 5 heteroatoms. The third kappa shape index (κ3) is 4.56. The van der Waals surface area contributed by atoms with E-state index in [1.807, 2.05) is 6.07 Å². The van der Waals surface area contributed by atoms with Crippen LogP contribution in [0.4, 0.5) is 10.1 Å². The van der Waals surface area contributed by atoms with Gasteiger partial charge in [-0.1, -0.05) is 29.3 Å². The lowest BCUT2D eigenvalue weighted by Crippen LogP contribution is -2.14. The Labute approximate surface area is 137 Å². The van der Waals surface area contributed by atoms with Gasteiger partial charge in [0.15, 0.2) is 0 Å². The summed E-state index contributed by atoms with van der Waals surface area (Å²) >= 11 is 3.36. The van der Waals surface area contributed by atoms with Gasteiger partial charge < -0.3 is 10.1 Å². The standard InChI is InChI=1S/C17H17BrFNO2/c1-2-3-10-22-16-9-4-12(18)11-15(16)17(21)20-14-7-5-13(19)6-8-14/h4-9,11H,2-3,10H2,1H3,(H,20,21). The smallest absolute Gasteiger partial charge is 0.259 e. The van der Waals surface area contributed by atoms with Crippen molar-refractivity contribution >= 4 is 27.5 Å². The Balaban J connectivity index is 2.16. The first-order chi connectivity index (χ1) is 10.6. The van der Waals surface area contributed by atoms with Crippen molar-refractivity contribution in [3.05, 3.63) is 58.3 Å². The average molecular weight is 366 g/mol. The summed E-state index contributed by atoms with van der Waals surface area (Å²) in [5.41, 5.74) is 0.973. The topological polar surface area (TPSA) is 38.3 Å². The van der Waals surface area contributed by atoms with Crippen LogP contribution in [0.3, 0.4) is 0 Å². The van der Waals surface area contributed by atoms with Gasteiger partial charge in [-0.25, -0.2) is 4.39 Å². The fraction of sp³-hybridized carbons (Fsp3) is 0.235. The van der Waals surface area contributed by atoms with Crippen molar-refractivity contribution in [3.63, 3.8) is 0 Å². The fourth-order valence-corrected chi connectivity index (χ4v) is 2.22. The zero-order chi connectivity index (χ0) is 15.9. The summed E-state index contributed by atoms with van der Waals surface area (Å²) in [7, 11) is 0. The van der Waals surface area contributed by atoms with Crippen LogP contribution in [0, 0.1) is 5.82 Å². The largest absolute Gasteiger partial charge is 0.493 e. The molecule has 0 fully saturated rings. The Bertz CT molecular complexity index is 644. The molecule has 0 aliphatic heterocycles. The molecule has 2 aromatic carbocycles. The Morgan fingerprint density at radius 3 is 2.64 bits per heavy atom. The number of benzene rings is 2. The molecule has 2 rings (SSSR count). The monoisotopic (exact) mass is 365 g/mol. The molecule has 0 heterocycles. The van der Waals surface area contributed by atoms with Crippen molar-refractivity contribution in [1.82, 2.24) is 0 Å². The van der Waals surface area contributed by atoms with E-state index in [-0.39, 0.29) is 11.7 Å². The lowest BCUT2D eigenvalue weighted by atomic mass is 10.2. The maximum Gasteiger partial charge on any atom is 0.259 e. The first-order valence-corrected chi connectivity index (χ1v) is 7.88. The second-order valence-electron chi connectivity index (χ2n) is 4.80. The lowest BCUT2D eigenvalue weighted by Gasteiger charge is -2.12. The van der Waals surface area contributed by atoms with Gasteiger partial charge in [0.2, 0.25) is 0 Å². The number of unbranched alkanes of at least 4 members (excludes halogenated alkanes) is 1. The molecule has 0 saturated heterocycles. The highest BCUT2D eigenvalue weighted by molar-refractivity contribution is 9.10. The van der Waals surface area contributed by atoms with E-state index in [2.05, 4.69) is 28.2 Å². The van der Waals surface area contributed by atoms with Gasteiger partial charge in [0, 0.05) is 10.2 Å². The van der Waals surface area contributed by atoms with Crippen LogP contribution in [0.5, 0.6) is 5.75 Å². The van der Waals surface area contributed by atoms with Crippen molar-refractivity contribution in [3.8, 4) is 5.75 Å². The van der Waals surface area contributed by atoms with Crippen LogP contribution in [-0.2, 0) is 0 Å². The minimum Gasteiger partial charge on any atom is -0.493 e. The summed E-state index contributed by atoms with van der Waals surface area (Å²) in [6.45, 7) is 2.64.